The number of fused-ring (bicyclic) bond motifs is 2. The maximum atomic E-state index is 13.4. The Hall–Kier alpha value is -3.05. The number of Topliss-reactive ketones (excluding diaryl/α,β-unsaturated/α-hetero) is 2. The Morgan fingerprint density at radius 1 is 0.698 bits per heavy atom. The Bertz CT molecular complexity index is 1770. The van der Waals surface area contributed by atoms with Gasteiger partial charge < -0.3 is 28.3 Å². The van der Waals surface area contributed by atoms with Crippen molar-refractivity contribution in [2.24, 2.45) is 10.8 Å². The molecule has 2 aliphatic heterocycles. The van der Waals surface area contributed by atoms with Gasteiger partial charge in [0.25, 0.3) is 0 Å². The number of hydrogen-bond donors (Lipinski definition) is 0. The first kappa shape index (κ1) is 41.1. The van der Waals surface area contributed by atoms with Crippen LogP contribution in [0.25, 0.3) is 0 Å². The Morgan fingerprint density at radius 3 is 1.49 bits per heavy atom. The van der Waals surface area contributed by atoms with Crippen LogP contribution in [-0.2, 0) is 35.9 Å². The summed E-state index contributed by atoms with van der Waals surface area (Å²) in [5.74, 6) is 0.292. The van der Waals surface area contributed by atoms with Gasteiger partial charge in [-0.05, 0) is 129 Å². The molecule has 13 heteroatoms. The van der Waals surface area contributed by atoms with Crippen molar-refractivity contribution in [1.29, 1.82) is 0 Å². The van der Waals surface area contributed by atoms with Crippen LogP contribution < -0.4 is 5.30 Å². The van der Waals surface area contributed by atoms with E-state index in [-0.39, 0.29) is 42.4 Å². The van der Waals surface area contributed by atoms with Crippen LogP contribution >= 0.6 is 23.5 Å². The number of halogens is 1. The van der Waals surface area contributed by atoms with Crippen LogP contribution in [0.3, 0.4) is 0 Å². The number of hydrogen-bond acceptors (Lipinski definition) is 9. The summed E-state index contributed by atoms with van der Waals surface area (Å²) in [4.78, 5) is 54.2. The summed E-state index contributed by atoms with van der Waals surface area (Å²) in [6, 6.07) is 11.2. The molecule has 0 saturated carbocycles. The second kappa shape index (κ2) is 15.6. The fraction of sp³-hybridized carbons (Fsp3) is 0.600. The van der Waals surface area contributed by atoms with Crippen LogP contribution in [0.5, 0.6) is 0 Å². The van der Waals surface area contributed by atoms with Gasteiger partial charge in [0.15, 0.2) is 11.6 Å². The van der Waals surface area contributed by atoms with Crippen LogP contribution in [0.15, 0.2) is 40.9 Å². The number of piperidine rings is 2. The number of carbonyl (C=O) groups excluding carboxylic acids is 4. The first-order chi connectivity index (χ1) is 24.7. The van der Waals surface area contributed by atoms with Gasteiger partial charge in [0.2, 0.25) is 0 Å². The van der Waals surface area contributed by atoms with Crippen molar-refractivity contribution in [1.82, 2.24) is 9.80 Å². The molecule has 2 spiro atoms. The van der Waals surface area contributed by atoms with E-state index in [9.17, 15) is 23.7 Å². The number of carbonyl (C=O) groups is 4. The maximum Gasteiger partial charge on any atom is 0.410 e. The molecule has 2 aliphatic carbocycles. The van der Waals surface area contributed by atoms with Gasteiger partial charge in [-0.15, -0.1) is 0 Å². The molecule has 0 aromatic heterocycles. The molecule has 2 fully saturated rings. The second-order valence-electron chi connectivity index (χ2n) is 16.5. The van der Waals surface area contributed by atoms with Crippen LogP contribution in [0, 0.1) is 10.8 Å². The van der Waals surface area contributed by atoms with Crippen molar-refractivity contribution >= 4 is 52.6 Å². The summed E-state index contributed by atoms with van der Waals surface area (Å²) in [5.41, 5.74) is 1.64. The standard InChI is InChI=1S/C22H32NO6P.C18H22BrNO3/c1-6-27-30(26,28-7-2)17-9-8-16-15-22(19(24)18(16)14-17)10-12-23(13-11-22)20(25)29-21(3,4)5;1-17(2,3)23-16(22)20-8-6-18(7-9-20)11-12-4-5-13(19)10-14(12)15(18)21/h8-9,14H,6-7,10-13,15H2,1-5H3;4-5,10H,6-9,11H2,1-3H3. The molecule has 2 saturated heterocycles. The summed E-state index contributed by atoms with van der Waals surface area (Å²) >= 11 is 3.44. The lowest BCUT2D eigenvalue weighted by atomic mass is 9.75. The highest BCUT2D eigenvalue weighted by atomic mass is 79.9. The second-order valence-corrected chi connectivity index (χ2v) is 19.4. The van der Waals surface area contributed by atoms with Crippen molar-refractivity contribution < 1.29 is 42.3 Å². The predicted octanol–water partition coefficient (Wildman–Crippen LogP) is 8.54. The third kappa shape index (κ3) is 9.09. The van der Waals surface area contributed by atoms with Crippen molar-refractivity contribution in [2.75, 3.05) is 39.4 Å². The van der Waals surface area contributed by atoms with Crippen molar-refractivity contribution in [2.45, 2.75) is 105 Å². The van der Waals surface area contributed by atoms with Gasteiger partial charge in [-0.25, -0.2) is 9.59 Å². The lowest BCUT2D eigenvalue weighted by molar-refractivity contribution is 0.0108. The van der Waals surface area contributed by atoms with E-state index in [1.807, 2.05) is 65.8 Å². The van der Waals surface area contributed by atoms with E-state index >= 15 is 0 Å². The molecule has 4 aliphatic rings. The summed E-state index contributed by atoms with van der Waals surface area (Å²) in [5, 5.41) is 0.418. The first-order valence-electron chi connectivity index (χ1n) is 18.6. The molecule has 2 heterocycles. The molecular formula is C40H54BrN2O9P. The van der Waals surface area contributed by atoms with Crippen molar-refractivity contribution in [3.8, 4) is 0 Å². The predicted molar refractivity (Wildman–Crippen MR) is 206 cm³/mol. The number of ketones is 2. The molecule has 2 amide bonds. The molecule has 0 unspecified atom stereocenters. The zero-order valence-electron chi connectivity index (χ0n) is 32.3. The van der Waals surface area contributed by atoms with Gasteiger partial charge in [0.1, 0.15) is 11.2 Å². The molecule has 290 valence electrons. The normalized spacial score (nSPS) is 19.1. The summed E-state index contributed by atoms with van der Waals surface area (Å²) in [6.45, 7) is 17.3. The summed E-state index contributed by atoms with van der Waals surface area (Å²) in [7, 11) is -3.45. The van der Waals surface area contributed by atoms with Crippen LogP contribution in [0.2, 0.25) is 0 Å². The van der Waals surface area contributed by atoms with Crippen molar-refractivity contribution in [3.05, 3.63) is 63.1 Å². The summed E-state index contributed by atoms with van der Waals surface area (Å²) in [6.07, 6.45) is 3.39. The highest BCUT2D eigenvalue weighted by Crippen LogP contribution is 2.50. The zero-order valence-corrected chi connectivity index (χ0v) is 34.8. The number of ether oxygens (including phenoxy) is 2. The third-order valence-corrected chi connectivity index (χ3v) is 12.9. The molecule has 0 radical (unpaired) electrons. The Morgan fingerprint density at radius 2 is 1.09 bits per heavy atom. The lowest BCUT2D eigenvalue weighted by Crippen LogP contribution is -2.47. The van der Waals surface area contributed by atoms with E-state index < -0.39 is 24.2 Å². The van der Waals surface area contributed by atoms with Gasteiger partial charge in [0.05, 0.1) is 18.5 Å². The van der Waals surface area contributed by atoms with E-state index in [4.69, 9.17) is 18.5 Å². The molecule has 2 aromatic carbocycles. The minimum atomic E-state index is -3.45. The third-order valence-electron chi connectivity index (χ3n) is 10.3. The Balaban J connectivity index is 0.000000211. The number of benzene rings is 2. The SMILES string of the molecule is CC(C)(C)OC(=O)N1CCC2(CC1)Cc1ccc(Br)cc1C2=O.CCOP(=O)(OCC)c1ccc2c(c1)C(=O)C1(CCN(C(=O)OC(C)(C)C)CC1)C2. The average molecular weight is 818 g/mol. The minimum Gasteiger partial charge on any atom is -0.444 e. The van der Waals surface area contributed by atoms with Crippen LogP contribution in [0.4, 0.5) is 9.59 Å². The van der Waals surface area contributed by atoms with Crippen LogP contribution in [0.1, 0.15) is 113 Å². The molecule has 53 heavy (non-hydrogen) atoms. The quantitative estimate of drug-likeness (QED) is 0.273. The maximum absolute atomic E-state index is 13.4. The molecular weight excluding hydrogens is 763 g/mol. The first-order valence-corrected chi connectivity index (χ1v) is 20.9. The fourth-order valence-electron chi connectivity index (χ4n) is 7.70. The summed E-state index contributed by atoms with van der Waals surface area (Å²) < 4.78 is 35.8. The molecule has 2 aromatic rings. The largest absolute Gasteiger partial charge is 0.444 e. The molecule has 0 bridgehead atoms. The topological polar surface area (TPSA) is 129 Å². The lowest BCUT2D eigenvalue weighted by Gasteiger charge is -2.38. The average Bonchev–Trinajstić information content (AvgIpc) is 3.49. The molecule has 11 nitrogen and oxygen atoms in total. The molecule has 0 N–H and O–H groups in total. The monoisotopic (exact) mass is 816 g/mol. The van der Waals surface area contributed by atoms with Gasteiger partial charge in [-0.2, -0.15) is 0 Å². The zero-order chi connectivity index (χ0) is 39.0. The van der Waals surface area contributed by atoms with E-state index in [1.54, 1.807) is 35.8 Å². The van der Waals surface area contributed by atoms with E-state index in [1.165, 1.54) is 0 Å². The van der Waals surface area contributed by atoms with Crippen LogP contribution in [-0.4, -0.2) is 84.1 Å². The number of nitrogens with zero attached hydrogens (tertiary/aromatic N) is 2. The molecule has 6 rings (SSSR count). The highest BCUT2D eigenvalue weighted by Gasteiger charge is 2.49. The number of likely N-dealkylation sites (tertiary alicyclic amines) is 2. The van der Waals surface area contributed by atoms with Gasteiger partial charge in [-0.1, -0.05) is 28.1 Å². The van der Waals surface area contributed by atoms with E-state index in [0.717, 1.165) is 27.6 Å². The Kier molecular flexibility index (Phi) is 12.1. The molecule has 0 atom stereocenters. The van der Waals surface area contributed by atoms with E-state index in [2.05, 4.69) is 15.9 Å². The highest BCUT2D eigenvalue weighted by molar-refractivity contribution is 9.10. The number of rotatable bonds is 5. The van der Waals surface area contributed by atoms with Gasteiger partial charge >= 0.3 is 19.8 Å². The van der Waals surface area contributed by atoms with E-state index in [0.29, 0.717) is 69.2 Å². The number of amides is 2. The minimum absolute atomic E-state index is 0.0581. The fourth-order valence-corrected chi connectivity index (χ4v) is 9.66. The van der Waals surface area contributed by atoms with Gasteiger partial charge in [0, 0.05) is 52.6 Å². The Labute approximate surface area is 322 Å². The smallest absolute Gasteiger partial charge is 0.410 e. The van der Waals surface area contributed by atoms with Gasteiger partial charge in [-0.3, -0.25) is 14.2 Å². The van der Waals surface area contributed by atoms with Crippen molar-refractivity contribution in [3.63, 3.8) is 0 Å².